The van der Waals surface area contributed by atoms with Crippen LogP contribution in [0, 0.1) is 0 Å². The van der Waals surface area contributed by atoms with E-state index in [1.807, 2.05) is 0 Å². The molecular formula is C30H76Co4N12S4-4. The van der Waals surface area contributed by atoms with Gasteiger partial charge < -0.3 is 118 Å². The van der Waals surface area contributed by atoms with Crippen LogP contribution < -0.4 is 63.8 Å². The Kier molecular flexibility index (Phi) is 94.4. The molecule has 0 saturated carbocycles. The molecule has 3 fully saturated rings. The van der Waals surface area contributed by atoms with Crippen molar-refractivity contribution >= 4 is 54.0 Å². The molecule has 50 heavy (non-hydrogen) atoms. The summed E-state index contributed by atoms with van der Waals surface area (Å²) in [5, 5.41) is 41.1. The van der Waals surface area contributed by atoms with Crippen LogP contribution in [0.25, 0.3) is 0 Å². The van der Waals surface area contributed by atoms with E-state index in [0.717, 1.165) is 157 Å². The molecule has 12 nitrogen and oxygen atoms in total. The van der Waals surface area contributed by atoms with Crippen molar-refractivity contribution in [1.82, 2.24) is 63.8 Å². The van der Waals surface area contributed by atoms with Gasteiger partial charge in [-0.3, -0.25) is 0 Å². The molecule has 0 aromatic heterocycles. The van der Waals surface area contributed by atoms with Crippen molar-refractivity contribution in [2.24, 2.45) is 0 Å². The van der Waals surface area contributed by atoms with Gasteiger partial charge in [0.15, 0.2) is 0 Å². The van der Waals surface area contributed by atoms with Crippen LogP contribution in [-0.4, -0.2) is 157 Å². The third kappa shape index (κ3) is 62.9. The molecule has 12 N–H and O–H groups in total. The van der Waals surface area contributed by atoms with E-state index in [2.05, 4.69) is 63.8 Å². The summed E-state index contributed by atoms with van der Waals surface area (Å²) in [6.07, 6.45) is 7.33. The largest absolute Gasteiger partial charge is 0.813 e. The molecule has 3 aliphatic heterocycles. The smallest absolute Gasteiger partial charge is 0.00767 e. The first-order chi connectivity index (χ1) is 21.0. The van der Waals surface area contributed by atoms with Crippen molar-refractivity contribution in [3.8, 4) is 0 Å². The van der Waals surface area contributed by atoms with Gasteiger partial charge in [-0.05, 0) is 117 Å². The number of hydrogen-bond donors (Lipinski definition) is 12. The molecule has 320 valence electrons. The van der Waals surface area contributed by atoms with Crippen molar-refractivity contribution in [1.29, 1.82) is 0 Å². The Hall–Kier alpha value is 2.95. The van der Waals surface area contributed by atoms with Crippen molar-refractivity contribution in [2.75, 3.05) is 157 Å². The molecule has 3 saturated heterocycles. The minimum atomic E-state index is 0. The van der Waals surface area contributed by atoms with Crippen LogP contribution in [0.2, 0.25) is 0 Å². The van der Waals surface area contributed by atoms with Crippen LogP contribution in [0.5, 0.6) is 0 Å². The third-order valence-corrected chi connectivity index (χ3v) is 7.11. The van der Waals surface area contributed by atoms with Gasteiger partial charge in [-0.15, -0.1) is 0 Å². The summed E-state index contributed by atoms with van der Waals surface area (Å²) in [4.78, 5) is 0. The molecule has 0 aromatic carbocycles. The maximum Gasteiger partial charge on any atom is 0.00767 e. The maximum absolute atomic E-state index is 3.42. The first-order valence-electron chi connectivity index (χ1n) is 17.5. The molecule has 3 rings (SSSR count). The maximum atomic E-state index is 3.42. The van der Waals surface area contributed by atoms with Gasteiger partial charge >= 0.3 is 0 Å². The zero-order valence-electron chi connectivity index (χ0n) is 30.3. The van der Waals surface area contributed by atoms with E-state index in [4.69, 9.17) is 0 Å². The van der Waals surface area contributed by atoms with Gasteiger partial charge in [0, 0.05) is 146 Å². The fourth-order valence-corrected chi connectivity index (χ4v) is 4.59. The SMILES string of the molecule is C1CNCCNCCCNCCNC1.C1CNCCNCCCNCCNC1.C1CNCCNCCCNCCNC1.[Co].[Co].[Co].[Co].[SH-].[SH-].[SH-].[SH-]. The van der Waals surface area contributed by atoms with Crippen LogP contribution in [0.15, 0.2) is 0 Å². The first kappa shape index (κ1) is 70.7. The molecule has 20 heteroatoms. The number of thiol groups is 4. The van der Waals surface area contributed by atoms with Gasteiger partial charge in [-0.2, -0.15) is 0 Å². The molecule has 0 aliphatic carbocycles. The topological polar surface area (TPSA) is 144 Å². The van der Waals surface area contributed by atoms with Gasteiger partial charge in [0.25, 0.3) is 0 Å². The fraction of sp³-hybridized carbons (Fsp3) is 1.00. The van der Waals surface area contributed by atoms with Gasteiger partial charge in [0.2, 0.25) is 0 Å². The number of hydrogen-bond acceptors (Lipinski definition) is 16. The van der Waals surface area contributed by atoms with Crippen LogP contribution in [-0.2, 0) is 121 Å². The quantitative estimate of drug-likeness (QED) is 0.0857. The van der Waals surface area contributed by atoms with Gasteiger partial charge in [-0.1, -0.05) is 0 Å². The third-order valence-electron chi connectivity index (χ3n) is 7.11. The Morgan fingerprint density at radius 1 is 0.140 bits per heavy atom. The summed E-state index contributed by atoms with van der Waals surface area (Å²) in [6.45, 7) is 26.6. The van der Waals surface area contributed by atoms with Crippen LogP contribution in [0.3, 0.4) is 0 Å². The second kappa shape index (κ2) is 66.7. The molecule has 0 spiro atoms. The normalized spacial score (nSPS) is 20.2. The zero-order chi connectivity index (χ0) is 29.7. The summed E-state index contributed by atoms with van der Waals surface area (Å²) < 4.78 is 0. The Labute approximate surface area is 377 Å². The molecule has 0 unspecified atom stereocenters. The van der Waals surface area contributed by atoms with E-state index in [1.54, 1.807) is 0 Å². The average molecular weight is 969 g/mol. The predicted molar refractivity (Wildman–Crippen MR) is 217 cm³/mol. The van der Waals surface area contributed by atoms with Gasteiger partial charge in [0.05, 0.1) is 0 Å². The Bertz CT molecular complexity index is 302. The predicted octanol–water partition coefficient (Wildman–Crippen LogP) is -3.67. The Morgan fingerprint density at radius 3 is 0.300 bits per heavy atom. The molecule has 4 radical (unpaired) electrons. The van der Waals surface area contributed by atoms with E-state index in [-0.39, 0.29) is 121 Å². The molecule has 0 amide bonds. The van der Waals surface area contributed by atoms with Gasteiger partial charge in [0.1, 0.15) is 0 Å². The summed E-state index contributed by atoms with van der Waals surface area (Å²) in [5.74, 6) is 0. The van der Waals surface area contributed by atoms with Crippen LogP contribution in [0.1, 0.15) is 38.5 Å². The number of nitrogens with one attached hydrogen (secondary N) is 12. The second-order valence-electron chi connectivity index (χ2n) is 11.1. The average Bonchev–Trinajstić information content (AvgIpc) is 3.01. The van der Waals surface area contributed by atoms with Crippen molar-refractivity contribution in [2.45, 2.75) is 38.5 Å². The van der Waals surface area contributed by atoms with Crippen LogP contribution >= 0.6 is 0 Å². The van der Waals surface area contributed by atoms with Crippen molar-refractivity contribution in [3.05, 3.63) is 0 Å². The summed E-state index contributed by atoms with van der Waals surface area (Å²) in [5.41, 5.74) is 0. The summed E-state index contributed by atoms with van der Waals surface area (Å²) >= 11 is 0. The minimum Gasteiger partial charge on any atom is -0.813 e. The molecule has 0 aromatic rings. The molecule has 3 heterocycles. The van der Waals surface area contributed by atoms with E-state index in [1.165, 1.54) is 38.5 Å². The minimum absolute atomic E-state index is 0. The molecule has 0 bridgehead atoms. The second-order valence-corrected chi connectivity index (χ2v) is 11.1. The van der Waals surface area contributed by atoms with E-state index in [0.29, 0.717) is 0 Å². The summed E-state index contributed by atoms with van der Waals surface area (Å²) in [6, 6.07) is 0. The standard InChI is InChI=1S/3C10H24N4.4Co.4H2S/c3*1-3-11-7-9-13-5-2-6-14-10-8-12-4-1;;;;;;;;/h3*11-14H,1-10H2;;;;;4*1H2/p-4. The Morgan fingerprint density at radius 2 is 0.220 bits per heavy atom. The summed E-state index contributed by atoms with van der Waals surface area (Å²) in [7, 11) is 0. The van der Waals surface area contributed by atoms with E-state index >= 15 is 0 Å². The fourth-order valence-electron chi connectivity index (χ4n) is 4.59. The van der Waals surface area contributed by atoms with Crippen molar-refractivity contribution < 1.29 is 67.1 Å². The monoisotopic (exact) mass is 968 g/mol. The van der Waals surface area contributed by atoms with Crippen molar-refractivity contribution in [3.63, 3.8) is 0 Å². The van der Waals surface area contributed by atoms with Gasteiger partial charge in [-0.25, -0.2) is 0 Å². The molecular weight excluding hydrogens is 892 g/mol. The van der Waals surface area contributed by atoms with E-state index < -0.39 is 0 Å². The molecule has 0 atom stereocenters. The van der Waals surface area contributed by atoms with Crippen LogP contribution in [0.4, 0.5) is 0 Å². The van der Waals surface area contributed by atoms with E-state index in [9.17, 15) is 0 Å². The zero-order valence-corrected chi connectivity index (χ0v) is 38.1. The molecule has 3 aliphatic rings. The number of rotatable bonds is 0. The Balaban J connectivity index is -0.0000000817. The first-order valence-corrected chi connectivity index (χ1v) is 17.5.